The van der Waals surface area contributed by atoms with Crippen LogP contribution in [0.25, 0.3) is 11.1 Å². The highest BCUT2D eigenvalue weighted by Gasteiger charge is 2.29. The Morgan fingerprint density at radius 3 is 1.37 bits per heavy atom. The van der Waals surface area contributed by atoms with Crippen molar-refractivity contribution in [1.29, 1.82) is 0 Å². The van der Waals surface area contributed by atoms with Crippen molar-refractivity contribution >= 4 is 22.7 Å². The van der Waals surface area contributed by atoms with E-state index in [4.69, 9.17) is 6.42 Å². The molecule has 0 saturated carbocycles. The van der Waals surface area contributed by atoms with E-state index in [9.17, 15) is 9.59 Å². The van der Waals surface area contributed by atoms with Gasteiger partial charge in [-0.3, -0.25) is 9.59 Å². The SMILES string of the molecule is C#Cc1ccc(/C(=C(/c2ccccc2)c2ccc(C3C(=O)C=CC3=O)cc2)c2ccccc2)cc1. The lowest BCUT2D eigenvalue weighted by atomic mass is 9.84. The molecule has 2 heteroatoms. The lowest BCUT2D eigenvalue weighted by Gasteiger charge is -2.19. The van der Waals surface area contributed by atoms with Crippen molar-refractivity contribution in [1.82, 2.24) is 0 Å². The molecule has 1 aliphatic carbocycles. The summed E-state index contributed by atoms with van der Waals surface area (Å²) in [5.74, 6) is 1.62. The van der Waals surface area contributed by atoms with Crippen molar-refractivity contribution in [2.45, 2.75) is 5.92 Å². The van der Waals surface area contributed by atoms with Gasteiger partial charge in [0.15, 0.2) is 11.6 Å². The van der Waals surface area contributed by atoms with E-state index in [1.54, 1.807) is 0 Å². The lowest BCUT2D eigenvalue weighted by Crippen LogP contribution is -2.12. The van der Waals surface area contributed by atoms with Gasteiger partial charge >= 0.3 is 0 Å². The first-order valence-electron chi connectivity index (χ1n) is 11.4. The molecule has 0 N–H and O–H groups in total. The molecule has 4 aromatic rings. The van der Waals surface area contributed by atoms with Gasteiger partial charge in [-0.1, -0.05) is 103 Å². The number of ketones is 2. The Balaban J connectivity index is 1.74. The van der Waals surface area contributed by atoms with Crippen LogP contribution in [0, 0.1) is 12.3 Å². The standard InChI is InChI=1S/C33H22O2/c1-2-23-13-15-26(16-14-23)31(24-9-5-3-6-10-24)32(25-11-7-4-8-12-25)27-17-19-28(20-18-27)33-29(34)21-22-30(33)35/h1,3-22,33H/b32-31-. The second-order valence-corrected chi connectivity index (χ2v) is 8.40. The zero-order valence-corrected chi connectivity index (χ0v) is 19.0. The van der Waals surface area contributed by atoms with Gasteiger partial charge in [-0.05, 0) is 63.2 Å². The maximum Gasteiger partial charge on any atom is 0.171 e. The molecule has 0 aliphatic heterocycles. The molecular weight excluding hydrogens is 428 g/mol. The van der Waals surface area contributed by atoms with Crippen LogP contribution in [0.15, 0.2) is 121 Å². The van der Waals surface area contributed by atoms with Gasteiger partial charge in [-0.25, -0.2) is 0 Å². The Hall–Kier alpha value is -4.74. The van der Waals surface area contributed by atoms with Gasteiger partial charge in [-0.15, -0.1) is 6.42 Å². The highest BCUT2D eigenvalue weighted by molar-refractivity contribution is 6.22. The Morgan fingerprint density at radius 1 is 0.543 bits per heavy atom. The van der Waals surface area contributed by atoms with Gasteiger partial charge in [0, 0.05) is 5.56 Å². The molecule has 166 valence electrons. The monoisotopic (exact) mass is 450 g/mol. The van der Waals surface area contributed by atoms with Gasteiger partial charge in [0.25, 0.3) is 0 Å². The molecule has 0 heterocycles. The fourth-order valence-electron chi connectivity index (χ4n) is 4.52. The van der Waals surface area contributed by atoms with Gasteiger partial charge in [0.2, 0.25) is 0 Å². The van der Waals surface area contributed by atoms with Crippen LogP contribution in [0.2, 0.25) is 0 Å². The summed E-state index contributed by atoms with van der Waals surface area (Å²) in [6.45, 7) is 0. The summed E-state index contributed by atoms with van der Waals surface area (Å²) in [4.78, 5) is 24.4. The third kappa shape index (κ3) is 4.40. The first-order chi connectivity index (χ1) is 17.2. The van der Waals surface area contributed by atoms with Crippen molar-refractivity contribution in [3.63, 3.8) is 0 Å². The second kappa shape index (κ2) is 9.63. The Labute approximate surface area is 205 Å². The van der Waals surface area contributed by atoms with Crippen LogP contribution < -0.4 is 0 Å². The third-order valence-electron chi connectivity index (χ3n) is 6.23. The Bertz CT molecular complexity index is 1460. The van der Waals surface area contributed by atoms with E-state index in [1.165, 1.54) is 12.2 Å². The largest absolute Gasteiger partial charge is 0.294 e. The van der Waals surface area contributed by atoms with E-state index in [-0.39, 0.29) is 11.6 Å². The van der Waals surface area contributed by atoms with Crippen LogP contribution in [0.1, 0.15) is 39.3 Å². The molecule has 35 heavy (non-hydrogen) atoms. The summed E-state index contributed by atoms with van der Waals surface area (Å²) in [6.07, 6.45) is 8.33. The maximum absolute atomic E-state index is 12.2. The van der Waals surface area contributed by atoms with Gasteiger partial charge in [0.1, 0.15) is 5.92 Å². The van der Waals surface area contributed by atoms with Crippen molar-refractivity contribution in [2.24, 2.45) is 0 Å². The molecule has 0 bridgehead atoms. The summed E-state index contributed by atoms with van der Waals surface area (Å²) >= 11 is 0. The minimum absolute atomic E-state index is 0.167. The molecular formula is C33H22O2. The second-order valence-electron chi connectivity index (χ2n) is 8.40. The fraction of sp³-hybridized carbons (Fsp3) is 0.0303. The van der Waals surface area contributed by atoms with Crippen LogP contribution in [0.3, 0.4) is 0 Å². The van der Waals surface area contributed by atoms with Gasteiger partial charge < -0.3 is 0 Å². The van der Waals surface area contributed by atoms with Crippen molar-refractivity contribution < 1.29 is 9.59 Å². The highest BCUT2D eigenvalue weighted by Crippen LogP contribution is 2.37. The number of carbonyl (C=O) groups is 2. The first-order valence-corrected chi connectivity index (χ1v) is 11.4. The summed E-state index contributed by atoms with van der Waals surface area (Å²) in [6, 6.07) is 36.3. The number of hydrogen-bond donors (Lipinski definition) is 0. The van der Waals surface area contributed by atoms with Crippen LogP contribution in [0.5, 0.6) is 0 Å². The van der Waals surface area contributed by atoms with E-state index in [1.807, 2.05) is 72.8 Å². The molecule has 0 radical (unpaired) electrons. The highest BCUT2D eigenvalue weighted by atomic mass is 16.2. The molecule has 0 unspecified atom stereocenters. The predicted molar refractivity (Wildman–Crippen MR) is 141 cm³/mol. The Morgan fingerprint density at radius 2 is 0.943 bits per heavy atom. The topological polar surface area (TPSA) is 34.1 Å². The summed E-state index contributed by atoms with van der Waals surface area (Å²) in [5.41, 5.74) is 7.84. The molecule has 0 amide bonds. The molecule has 5 rings (SSSR count). The first kappa shape index (κ1) is 22.1. The smallest absolute Gasteiger partial charge is 0.171 e. The van der Waals surface area contributed by atoms with Crippen LogP contribution in [-0.2, 0) is 9.59 Å². The molecule has 1 aliphatic rings. The third-order valence-corrected chi connectivity index (χ3v) is 6.23. The number of carbonyl (C=O) groups excluding carboxylic acids is 2. The quantitative estimate of drug-likeness (QED) is 0.198. The summed E-state index contributed by atoms with van der Waals surface area (Å²) in [5, 5.41) is 0. The van der Waals surface area contributed by atoms with Crippen LogP contribution >= 0.6 is 0 Å². The molecule has 4 aromatic carbocycles. The van der Waals surface area contributed by atoms with Crippen LogP contribution in [-0.4, -0.2) is 11.6 Å². The predicted octanol–water partition coefficient (Wildman–Crippen LogP) is 6.47. The van der Waals surface area contributed by atoms with E-state index in [0.29, 0.717) is 5.56 Å². The molecule has 0 atom stereocenters. The van der Waals surface area contributed by atoms with Crippen LogP contribution in [0.4, 0.5) is 0 Å². The van der Waals surface area contributed by atoms with Gasteiger partial charge in [0.05, 0.1) is 0 Å². The fourth-order valence-corrected chi connectivity index (χ4v) is 4.52. The van der Waals surface area contributed by atoms with E-state index < -0.39 is 5.92 Å². The summed E-state index contributed by atoms with van der Waals surface area (Å²) < 4.78 is 0. The van der Waals surface area contributed by atoms with Crippen molar-refractivity contribution in [2.75, 3.05) is 0 Å². The normalized spacial score (nSPS) is 14.0. The number of rotatable bonds is 5. The molecule has 2 nitrogen and oxygen atoms in total. The minimum atomic E-state index is -0.738. The zero-order valence-electron chi connectivity index (χ0n) is 19.0. The number of benzene rings is 4. The molecule has 0 saturated heterocycles. The minimum Gasteiger partial charge on any atom is -0.294 e. The Kier molecular flexibility index (Phi) is 6.07. The molecule has 0 fully saturated rings. The van der Waals surface area contributed by atoms with E-state index in [2.05, 4.69) is 42.3 Å². The number of terminal acetylenes is 1. The maximum atomic E-state index is 12.2. The molecule has 0 spiro atoms. The van der Waals surface area contributed by atoms with Gasteiger partial charge in [-0.2, -0.15) is 0 Å². The number of allylic oxidation sites excluding steroid dienone is 2. The van der Waals surface area contributed by atoms with E-state index >= 15 is 0 Å². The molecule has 0 aromatic heterocycles. The number of hydrogen-bond acceptors (Lipinski definition) is 2. The average Bonchev–Trinajstić information content (AvgIpc) is 3.26. The average molecular weight is 451 g/mol. The zero-order chi connectivity index (χ0) is 24.2. The summed E-state index contributed by atoms with van der Waals surface area (Å²) in [7, 11) is 0. The lowest BCUT2D eigenvalue weighted by molar-refractivity contribution is -0.122. The van der Waals surface area contributed by atoms with Crippen molar-refractivity contribution in [3.05, 3.63) is 155 Å². The van der Waals surface area contributed by atoms with Crippen molar-refractivity contribution in [3.8, 4) is 12.3 Å². The van der Waals surface area contributed by atoms with E-state index in [0.717, 1.165) is 39.0 Å².